The van der Waals surface area contributed by atoms with E-state index >= 15 is 0 Å². The summed E-state index contributed by atoms with van der Waals surface area (Å²) in [4.78, 5) is 3.65. The molecule has 0 amide bonds. The summed E-state index contributed by atoms with van der Waals surface area (Å²) in [6.45, 7) is 1.94. The number of hydrogen-bond donors (Lipinski definition) is 2. The third-order valence-corrected chi connectivity index (χ3v) is 7.49. The SMILES string of the molecule is Fc1ccc(C(Cl)CN(CCCl)Cc2ccc(F)c(F)c2)cc1.O=S(Cl)Cl.OCCN(Cc1ccc(F)c(F)c1)CC(O)c1ccc(F)cc1. The summed E-state index contributed by atoms with van der Waals surface area (Å²) < 4.78 is 87.4. The van der Waals surface area contributed by atoms with E-state index in [2.05, 4.69) is 21.4 Å². The van der Waals surface area contributed by atoms with E-state index in [1.54, 1.807) is 17.0 Å². The number of hydrogen-bond acceptors (Lipinski definition) is 5. The lowest BCUT2D eigenvalue weighted by Crippen LogP contribution is -2.31. The Balaban J connectivity index is 0.000000313. The molecule has 2 unspecified atom stereocenters. The second-order valence-corrected chi connectivity index (χ2v) is 14.1. The normalized spacial score (nSPS) is 12.3. The van der Waals surface area contributed by atoms with Gasteiger partial charge in [-0.25, -0.2) is 30.6 Å². The molecule has 0 spiro atoms. The van der Waals surface area contributed by atoms with Crippen molar-refractivity contribution in [3.63, 3.8) is 0 Å². The maximum Gasteiger partial charge on any atom is 0.211 e. The zero-order chi connectivity index (χ0) is 37.2. The maximum atomic E-state index is 13.3. The molecule has 0 aliphatic rings. The quantitative estimate of drug-likeness (QED) is 0.0759. The number of alkyl halides is 2. The summed E-state index contributed by atoms with van der Waals surface area (Å²) in [5.74, 6) is -3.95. The molecule has 5 nitrogen and oxygen atoms in total. The van der Waals surface area contributed by atoms with Crippen LogP contribution in [-0.4, -0.2) is 62.9 Å². The summed E-state index contributed by atoms with van der Waals surface area (Å²) in [6, 6.07) is 18.8. The Morgan fingerprint density at radius 3 is 1.46 bits per heavy atom. The van der Waals surface area contributed by atoms with Gasteiger partial charge in [0.2, 0.25) is 9.23 Å². The molecule has 16 heteroatoms. The average molecular weight is 807 g/mol. The van der Waals surface area contributed by atoms with Crippen LogP contribution in [0.4, 0.5) is 26.3 Å². The highest BCUT2D eigenvalue weighted by molar-refractivity contribution is 8.26. The van der Waals surface area contributed by atoms with E-state index in [0.29, 0.717) is 42.2 Å². The standard InChI is InChI=1S/C17H16Cl2F3N.C17H18F3NO2.Cl2OS/c18-7-8-23(10-12-1-6-16(21)17(22)9-12)11-15(19)13-2-4-14(20)5-3-13;18-14-4-2-13(3-5-14)17(23)11-21(7-8-22)10-12-1-6-15(19)16(20)9-12;1-4(2)3/h1-6,9,15H,7-8,10-11H2;1-6,9,17,22-23H,7-8,10-11H2;. The topological polar surface area (TPSA) is 64.0 Å². The molecule has 0 saturated heterocycles. The zero-order valence-electron chi connectivity index (χ0n) is 26.3. The molecular weight excluding hydrogens is 772 g/mol. The summed E-state index contributed by atoms with van der Waals surface area (Å²) in [7, 11) is 7.36. The third kappa shape index (κ3) is 16.8. The zero-order valence-corrected chi connectivity index (χ0v) is 30.1. The summed E-state index contributed by atoms with van der Waals surface area (Å²) >= 11 is 12.2. The minimum absolute atomic E-state index is 0.139. The van der Waals surface area contributed by atoms with Crippen LogP contribution in [0.2, 0.25) is 0 Å². The summed E-state index contributed by atoms with van der Waals surface area (Å²) in [5.41, 5.74) is 2.50. The Labute approximate surface area is 308 Å². The molecule has 0 bridgehead atoms. The van der Waals surface area contributed by atoms with Gasteiger partial charge in [-0.2, -0.15) is 0 Å². The van der Waals surface area contributed by atoms with Gasteiger partial charge in [-0.05, 0) is 70.8 Å². The van der Waals surface area contributed by atoms with Crippen molar-refractivity contribution in [3.05, 3.63) is 142 Å². The van der Waals surface area contributed by atoms with E-state index in [-0.39, 0.29) is 37.4 Å². The van der Waals surface area contributed by atoms with Gasteiger partial charge < -0.3 is 10.2 Å². The fourth-order valence-corrected chi connectivity index (χ4v) is 5.14. The van der Waals surface area contributed by atoms with Crippen LogP contribution in [0.3, 0.4) is 0 Å². The average Bonchev–Trinajstić information content (AvgIpc) is 3.05. The first kappa shape index (κ1) is 43.8. The van der Waals surface area contributed by atoms with Gasteiger partial charge in [-0.3, -0.25) is 9.80 Å². The van der Waals surface area contributed by atoms with E-state index < -0.39 is 44.4 Å². The molecule has 4 aromatic carbocycles. The Morgan fingerprint density at radius 2 is 1.06 bits per heavy atom. The highest BCUT2D eigenvalue weighted by Gasteiger charge is 2.16. The lowest BCUT2D eigenvalue weighted by atomic mass is 10.1. The predicted octanol–water partition coefficient (Wildman–Crippen LogP) is 8.80. The molecular formula is C34H34Cl4F6N2O3S. The van der Waals surface area contributed by atoms with Gasteiger partial charge in [0, 0.05) is 66.5 Å². The molecule has 50 heavy (non-hydrogen) atoms. The second-order valence-electron chi connectivity index (χ2n) is 10.7. The molecule has 2 atom stereocenters. The van der Waals surface area contributed by atoms with Gasteiger partial charge in [0.05, 0.1) is 18.1 Å². The van der Waals surface area contributed by atoms with Crippen molar-refractivity contribution in [3.8, 4) is 0 Å². The molecule has 0 aliphatic heterocycles. The monoisotopic (exact) mass is 804 g/mol. The van der Waals surface area contributed by atoms with Gasteiger partial charge in [-0.15, -0.1) is 23.2 Å². The number of aliphatic hydroxyl groups excluding tert-OH is 2. The van der Waals surface area contributed by atoms with Crippen LogP contribution < -0.4 is 0 Å². The van der Waals surface area contributed by atoms with E-state index in [1.165, 1.54) is 48.5 Å². The van der Waals surface area contributed by atoms with Crippen molar-refractivity contribution < 1.29 is 40.8 Å². The predicted molar refractivity (Wildman–Crippen MR) is 187 cm³/mol. The molecule has 0 aromatic heterocycles. The Kier molecular flexibility index (Phi) is 20.3. The van der Waals surface area contributed by atoms with Crippen molar-refractivity contribution in [2.24, 2.45) is 0 Å². The molecule has 274 valence electrons. The van der Waals surface area contributed by atoms with E-state index in [4.69, 9.17) is 32.5 Å². The largest absolute Gasteiger partial charge is 0.395 e. The molecule has 2 N–H and O–H groups in total. The minimum atomic E-state index is -1.67. The van der Waals surface area contributed by atoms with Crippen LogP contribution in [0, 0.1) is 34.9 Å². The van der Waals surface area contributed by atoms with E-state index in [9.17, 15) is 31.4 Å². The summed E-state index contributed by atoms with van der Waals surface area (Å²) in [5, 5.41) is 19.0. The van der Waals surface area contributed by atoms with Gasteiger partial charge in [0.1, 0.15) is 11.6 Å². The van der Waals surface area contributed by atoms with E-state index in [0.717, 1.165) is 29.8 Å². The lowest BCUT2D eigenvalue weighted by Gasteiger charge is -2.24. The van der Waals surface area contributed by atoms with Crippen LogP contribution in [0.25, 0.3) is 0 Å². The third-order valence-electron chi connectivity index (χ3n) is 6.93. The fourth-order valence-electron chi connectivity index (χ4n) is 4.56. The van der Waals surface area contributed by atoms with Crippen molar-refractivity contribution >= 4 is 53.8 Å². The fraction of sp³-hybridized carbons (Fsp3) is 0.294. The Morgan fingerprint density at radius 1 is 0.640 bits per heavy atom. The lowest BCUT2D eigenvalue weighted by molar-refractivity contribution is 0.0955. The van der Waals surface area contributed by atoms with E-state index in [1.807, 2.05) is 4.90 Å². The number of halogens is 10. The number of aliphatic hydroxyl groups is 2. The summed E-state index contributed by atoms with van der Waals surface area (Å²) in [6.07, 6.45) is -0.882. The Hall–Kier alpha value is -2.39. The highest BCUT2D eigenvalue weighted by atomic mass is 36.0. The van der Waals surface area contributed by atoms with Crippen LogP contribution in [0.5, 0.6) is 0 Å². The molecule has 4 aromatic rings. The molecule has 0 saturated carbocycles. The van der Waals surface area contributed by atoms with Crippen LogP contribution in [0.1, 0.15) is 33.7 Å². The van der Waals surface area contributed by atoms with Crippen LogP contribution in [-0.2, 0) is 22.3 Å². The van der Waals surface area contributed by atoms with Gasteiger partial charge in [-0.1, -0.05) is 36.4 Å². The van der Waals surface area contributed by atoms with Gasteiger partial charge in [0.15, 0.2) is 23.3 Å². The number of nitrogens with zero attached hydrogens (tertiary/aromatic N) is 2. The van der Waals surface area contributed by atoms with Crippen molar-refractivity contribution in [1.29, 1.82) is 0 Å². The maximum absolute atomic E-state index is 13.3. The second kappa shape index (κ2) is 23.2. The van der Waals surface area contributed by atoms with Gasteiger partial charge in [0.25, 0.3) is 0 Å². The molecule has 0 fully saturated rings. The molecule has 0 radical (unpaired) electrons. The molecule has 4 rings (SSSR count). The molecule has 0 aliphatic carbocycles. The first-order valence-corrected chi connectivity index (χ1v) is 18.6. The first-order chi connectivity index (χ1) is 23.7. The van der Waals surface area contributed by atoms with Crippen molar-refractivity contribution in [1.82, 2.24) is 9.80 Å². The Bertz CT molecular complexity index is 1500. The van der Waals surface area contributed by atoms with Crippen LogP contribution in [0.15, 0.2) is 84.9 Å². The van der Waals surface area contributed by atoms with Gasteiger partial charge >= 0.3 is 0 Å². The molecule has 0 heterocycles. The first-order valence-electron chi connectivity index (χ1n) is 14.8. The van der Waals surface area contributed by atoms with Crippen LogP contribution >= 0.6 is 44.6 Å². The minimum Gasteiger partial charge on any atom is -0.395 e. The highest BCUT2D eigenvalue weighted by Crippen LogP contribution is 2.23. The number of rotatable bonds is 14. The van der Waals surface area contributed by atoms with Crippen molar-refractivity contribution in [2.75, 3.05) is 38.7 Å². The number of benzene rings is 4. The smallest absolute Gasteiger partial charge is 0.211 e. The van der Waals surface area contributed by atoms with Crippen molar-refractivity contribution in [2.45, 2.75) is 24.6 Å².